The zero-order valence-electron chi connectivity index (χ0n) is 11.0. The van der Waals surface area contributed by atoms with Gasteiger partial charge in [-0.15, -0.1) is 0 Å². The molecule has 0 heterocycles. The van der Waals surface area contributed by atoms with Crippen LogP contribution >= 0.6 is 0 Å². The van der Waals surface area contributed by atoms with Crippen molar-refractivity contribution in [3.05, 3.63) is 64.5 Å². The van der Waals surface area contributed by atoms with Gasteiger partial charge in [0.15, 0.2) is 0 Å². The van der Waals surface area contributed by atoms with E-state index in [4.69, 9.17) is 4.74 Å². The second-order valence-electron chi connectivity index (χ2n) is 4.39. The highest BCUT2D eigenvalue weighted by Gasteiger charge is 2.24. The lowest BCUT2D eigenvalue weighted by atomic mass is 9.98. The molecule has 106 valence electrons. The summed E-state index contributed by atoms with van der Waals surface area (Å²) in [6.45, 7) is 1.51. The van der Waals surface area contributed by atoms with Gasteiger partial charge in [0.2, 0.25) is 0 Å². The van der Waals surface area contributed by atoms with Crippen molar-refractivity contribution in [2.24, 2.45) is 0 Å². The number of halogens is 3. The van der Waals surface area contributed by atoms with E-state index in [9.17, 15) is 18.3 Å². The summed E-state index contributed by atoms with van der Waals surface area (Å²) < 4.78 is 46.4. The van der Waals surface area contributed by atoms with Crippen molar-refractivity contribution >= 4 is 0 Å². The van der Waals surface area contributed by atoms with Crippen LogP contribution in [-0.2, 0) is 0 Å². The Hall–Kier alpha value is -2.01. The quantitative estimate of drug-likeness (QED) is 0.933. The zero-order chi connectivity index (χ0) is 14.9. The molecule has 2 rings (SSSR count). The Labute approximate surface area is 114 Å². The molecule has 1 unspecified atom stereocenters. The van der Waals surface area contributed by atoms with Gasteiger partial charge in [0.25, 0.3) is 0 Å². The molecule has 1 atom stereocenters. The molecule has 2 nitrogen and oxygen atoms in total. The second-order valence-corrected chi connectivity index (χ2v) is 4.39. The molecule has 0 saturated heterocycles. The highest BCUT2D eigenvalue weighted by Crippen LogP contribution is 2.31. The maximum absolute atomic E-state index is 13.9. The largest absolute Gasteiger partial charge is 0.497 e. The molecule has 2 aromatic carbocycles. The highest BCUT2D eigenvalue weighted by atomic mass is 19.1. The van der Waals surface area contributed by atoms with E-state index in [2.05, 4.69) is 0 Å². The SMILES string of the molecule is COc1cc(F)c(C(O)c2cccc(C)c2F)c(F)c1. The number of ether oxygens (including phenoxy) is 1. The molecule has 0 radical (unpaired) electrons. The van der Waals surface area contributed by atoms with Crippen LogP contribution in [0.5, 0.6) is 5.75 Å². The number of hydrogen-bond donors (Lipinski definition) is 1. The summed E-state index contributed by atoms with van der Waals surface area (Å²) in [6, 6.07) is 6.18. The standard InChI is InChI=1S/C15H13F3O2/c1-8-4-3-5-10(14(8)18)15(19)13-11(16)6-9(20-2)7-12(13)17/h3-7,15,19H,1-2H3. The Kier molecular flexibility index (Phi) is 3.99. The minimum atomic E-state index is -1.72. The maximum atomic E-state index is 13.9. The van der Waals surface area contributed by atoms with Crippen molar-refractivity contribution < 1.29 is 23.0 Å². The summed E-state index contributed by atoms with van der Waals surface area (Å²) in [5, 5.41) is 10.1. The van der Waals surface area contributed by atoms with Gasteiger partial charge in [0.05, 0.1) is 12.7 Å². The molecule has 0 amide bonds. The predicted octanol–water partition coefficient (Wildman–Crippen LogP) is 3.50. The van der Waals surface area contributed by atoms with Crippen LogP contribution in [0.1, 0.15) is 22.8 Å². The molecular formula is C15H13F3O2. The van der Waals surface area contributed by atoms with Crippen molar-refractivity contribution in [1.29, 1.82) is 0 Å². The minimum Gasteiger partial charge on any atom is -0.497 e. The fourth-order valence-electron chi connectivity index (χ4n) is 1.98. The average molecular weight is 282 g/mol. The summed E-state index contributed by atoms with van der Waals surface area (Å²) in [4.78, 5) is 0. The third-order valence-corrected chi connectivity index (χ3v) is 3.08. The van der Waals surface area contributed by atoms with Crippen molar-refractivity contribution in [1.82, 2.24) is 0 Å². The summed E-state index contributed by atoms with van der Waals surface area (Å²) >= 11 is 0. The van der Waals surface area contributed by atoms with Gasteiger partial charge in [-0.1, -0.05) is 18.2 Å². The monoisotopic (exact) mass is 282 g/mol. The first-order chi connectivity index (χ1) is 9.45. The number of aliphatic hydroxyl groups excluding tert-OH is 1. The molecular weight excluding hydrogens is 269 g/mol. The molecule has 1 N–H and O–H groups in total. The van der Waals surface area contributed by atoms with Gasteiger partial charge < -0.3 is 9.84 Å². The molecule has 2 aromatic rings. The molecule has 0 aliphatic heterocycles. The second kappa shape index (κ2) is 5.54. The van der Waals surface area contributed by atoms with E-state index in [0.29, 0.717) is 0 Å². The first-order valence-electron chi connectivity index (χ1n) is 5.91. The normalized spacial score (nSPS) is 12.3. The fraction of sp³-hybridized carbons (Fsp3) is 0.200. The Morgan fingerprint density at radius 2 is 1.70 bits per heavy atom. The number of aryl methyl sites for hydroxylation is 1. The predicted molar refractivity (Wildman–Crippen MR) is 68.1 cm³/mol. The van der Waals surface area contributed by atoms with E-state index in [1.54, 1.807) is 0 Å². The van der Waals surface area contributed by atoms with Crippen molar-refractivity contribution in [3.8, 4) is 5.75 Å². The molecule has 0 aliphatic rings. The van der Waals surface area contributed by atoms with Crippen LogP contribution in [0.3, 0.4) is 0 Å². The Balaban J connectivity index is 2.54. The fourth-order valence-corrected chi connectivity index (χ4v) is 1.98. The molecule has 0 spiro atoms. The van der Waals surface area contributed by atoms with E-state index >= 15 is 0 Å². The average Bonchev–Trinajstić information content (AvgIpc) is 2.40. The topological polar surface area (TPSA) is 29.5 Å². The van der Waals surface area contributed by atoms with Gasteiger partial charge in [-0.25, -0.2) is 13.2 Å². The summed E-state index contributed by atoms with van der Waals surface area (Å²) in [7, 11) is 1.27. The van der Waals surface area contributed by atoms with Gasteiger partial charge in [0, 0.05) is 17.7 Å². The van der Waals surface area contributed by atoms with Gasteiger partial charge in [-0.2, -0.15) is 0 Å². The molecule has 0 aromatic heterocycles. The van der Waals surface area contributed by atoms with Crippen LogP contribution in [0.25, 0.3) is 0 Å². The summed E-state index contributed by atoms with van der Waals surface area (Å²) in [5.74, 6) is -2.68. The van der Waals surface area contributed by atoms with Crippen LogP contribution in [0.2, 0.25) is 0 Å². The van der Waals surface area contributed by atoms with Crippen LogP contribution in [0.15, 0.2) is 30.3 Å². The Morgan fingerprint density at radius 1 is 1.10 bits per heavy atom. The Morgan fingerprint density at radius 3 is 2.25 bits per heavy atom. The highest BCUT2D eigenvalue weighted by molar-refractivity contribution is 5.38. The number of benzene rings is 2. The van der Waals surface area contributed by atoms with Gasteiger partial charge in [-0.05, 0) is 12.5 Å². The van der Waals surface area contributed by atoms with E-state index in [-0.39, 0.29) is 16.9 Å². The zero-order valence-corrected chi connectivity index (χ0v) is 11.0. The molecule has 0 aliphatic carbocycles. The van der Waals surface area contributed by atoms with Gasteiger partial charge in [-0.3, -0.25) is 0 Å². The minimum absolute atomic E-state index is 0.0133. The number of rotatable bonds is 3. The molecule has 5 heteroatoms. The summed E-state index contributed by atoms with van der Waals surface area (Å²) in [5.41, 5.74) is -0.487. The van der Waals surface area contributed by atoms with Crippen molar-refractivity contribution in [2.75, 3.05) is 7.11 Å². The lowest BCUT2D eigenvalue weighted by Gasteiger charge is -2.16. The van der Waals surface area contributed by atoms with Crippen LogP contribution in [0.4, 0.5) is 13.2 Å². The Bertz CT molecular complexity index is 618. The first-order valence-corrected chi connectivity index (χ1v) is 5.91. The lowest BCUT2D eigenvalue weighted by Crippen LogP contribution is -2.09. The third kappa shape index (κ3) is 2.49. The summed E-state index contributed by atoms with van der Waals surface area (Å²) in [6.07, 6.45) is -1.72. The number of aliphatic hydroxyl groups is 1. The van der Waals surface area contributed by atoms with Crippen molar-refractivity contribution in [2.45, 2.75) is 13.0 Å². The van der Waals surface area contributed by atoms with Crippen LogP contribution < -0.4 is 4.74 Å². The van der Waals surface area contributed by atoms with E-state index in [1.807, 2.05) is 0 Å². The lowest BCUT2D eigenvalue weighted by molar-refractivity contribution is 0.203. The first kappa shape index (κ1) is 14.4. The smallest absolute Gasteiger partial charge is 0.135 e. The van der Waals surface area contributed by atoms with E-state index in [0.717, 1.165) is 12.1 Å². The van der Waals surface area contributed by atoms with Gasteiger partial charge in [0.1, 0.15) is 29.3 Å². The number of hydrogen-bond acceptors (Lipinski definition) is 2. The molecule has 0 saturated carbocycles. The van der Waals surface area contributed by atoms with Gasteiger partial charge >= 0.3 is 0 Å². The van der Waals surface area contributed by atoms with E-state index in [1.165, 1.54) is 32.2 Å². The third-order valence-electron chi connectivity index (χ3n) is 3.08. The number of methoxy groups -OCH3 is 1. The molecule has 20 heavy (non-hydrogen) atoms. The molecule has 0 fully saturated rings. The van der Waals surface area contributed by atoms with E-state index < -0.39 is 29.1 Å². The molecule has 0 bridgehead atoms. The van der Waals surface area contributed by atoms with Crippen molar-refractivity contribution in [3.63, 3.8) is 0 Å². The maximum Gasteiger partial charge on any atom is 0.135 e. The van der Waals surface area contributed by atoms with Crippen LogP contribution in [-0.4, -0.2) is 12.2 Å². The van der Waals surface area contributed by atoms with Crippen LogP contribution in [0, 0.1) is 24.4 Å².